The minimum Gasteiger partial charge on any atom is -0.357 e. The Balaban J connectivity index is 0.00000272. The summed E-state index contributed by atoms with van der Waals surface area (Å²) in [6.45, 7) is 5.09. The van der Waals surface area contributed by atoms with Crippen molar-refractivity contribution >= 4 is 47.4 Å². The van der Waals surface area contributed by atoms with Crippen LogP contribution in [0.4, 0.5) is 5.69 Å². The lowest BCUT2D eigenvalue weighted by Gasteiger charge is -2.21. The summed E-state index contributed by atoms with van der Waals surface area (Å²) in [6, 6.07) is 8.24. The summed E-state index contributed by atoms with van der Waals surface area (Å²) >= 11 is 0. The molecule has 2 aliphatic heterocycles. The van der Waals surface area contributed by atoms with Crippen LogP contribution in [0.5, 0.6) is 0 Å². The molecule has 0 aromatic heterocycles. The Bertz CT molecular complexity index is 809. The smallest absolute Gasteiger partial charge is 0.248 e. The van der Waals surface area contributed by atoms with Crippen LogP contribution in [0.25, 0.3) is 0 Å². The number of nitrogens with zero attached hydrogens (tertiary/aromatic N) is 3. The fourth-order valence-corrected chi connectivity index (χ4v) is 4.85. The van der Waals surface area contributed by atoms with E-state index >= 15 is 0 Å². The number of para-hydroxylation sites is 1. The van der Waals surface area contributed by atoms with Gasteiger partial charge in [0.2, 0.25) is 11.8 Å². The van der Waals surface area contributed by atoms with Crippen molar-refractivity contribution in [2.45, 2.75) is 51.5 Å². The molecule has 0 spiro atoms. The molecule has 170 valence electrons. The summed E-state index contributed by atoms with van der Waals surface area (Å²) in [5.41, 5.74) is 2.23. The van der Waals surface area contributed by atoms with Crippen molar-refractivity contribution in [1.29, 1.82) is 0 Å². The first-order chi connectivity index (χ1) is 14.7. The van der Waals surface area contributed by atoms with E-state index in [0.717, 1.165) is 51.0 Å². The normalized spacial score (nSPS) is 21.1. The van der Waals surface area contributed by atoms with Gasteiger partial charge in [0.15, 0.2) is 5.96 Å². The lowest BCUT2D eigenvalue weighted by Crippen LogP contribution is -2.46. The van der Waals surface area contributed by atoms with E-state index in [9.17, 15) is 9.59 Å². The van der Waals surface area contributed by atoms with Gasteiger partial charge in [0.05, 0.1) is 0 Å². The Hall–Kier alpha value is -1.84. The number of hydrogen-bond acceptors (Lipinski definition) is 3. The third-order valence-corrected chi connectivity index (χ3v) is 6.45. The zero-order valence-electron chi connectivity index (χ0n) is 18.3. The first-order valence-electron chi connectivity index (χ1n) is 11.4. The molecule has 1 aliphatic carbocycles. The SMILES string of the molecule is CCNC(=NCC(=O)N1CCc2ccccc21)NC1CCN(C(=O)C2CCCC2)C1.I. The van der Waals surface area contributed by atoms with Gasteiger partial charge in [-0.3, -0.25) is 9.59 Å². The number of anilines is 1. The predicted molar refractivity (Wildman–Crippen MR) is 134 cm³/mol. The number of halogens is 1. The summed E-state index contributed by atoms with van der Waals surface area (Å²) in [5.74, 6) is 1.22. The van der Waals surface area contributed by atoms with Gasteiger partial charge in [0.25, 0.3) is 0 Å². The summed E-state index contributed by atoms with van der Waals surface area (Å²) in [7, 11) is 0. The van der Waals surface area contributed by atoms with Crippen LogP contribution >= 0.6 is 24.0 Å². The van der Waals surface area contributed by atoms with Crippen LogP contribution in [0.1, 0.15) is 44.6 Å². The van der Waals surface area contributed by atoms with Crippen LogP contribution in [0.2, 0.25) is 0 Å². The lowest BCUT2D eigenvalue weighted by atomic mass is 10.1. The van der Waals surface area contributed by atoms with E-state index in [1.54, 1.807) is 0 Å². The number of carbonyl (C=O) groups is 2. The van der Waals surface area contributed by atoms with Gasteiger partial charge in [0, 0.05) is 43.8 Å². The fraction of sp³-hybridized carbons (Fsp3) is 0.609. The van der Waals surface area contributed by atoms with Crippen molar-refractivity contribution in [2.24, 2.45) is 10.9 Å². The van der Waals surface area contributed by atoms with E-state index in [2.05, 4.69) is 21.7 Å². The van der Waals surface area contributed by atoms with Gasteiger partial charge < -0.3 is 20.4 Å². The van der Waals surface area contributed by atoms with E-state index in [4.69, 9.17) is 0 Å². The molecule has 1 aromatic carbocycles. The highest BCUT2D eigenvalue weighted by Gasteiger charge is 2.32. The highest BCUT2D eigenvalue weighted by Crippen LogP contribution is 2.28. The van der Waals surface area contributed by atoms with Gasteiger partial charge in [-0.05, 0) is 44.2 Å². The third kappa shape index (κ3) is 5.70. The molecule has 7 nitrogen and oxygen atoms in total. The second-order valence-electron chi connectivity index (χ2n) is 8.51. The monoisotopic (exact) mass is 539 g/mol. The number of fused-ring (bicyclic) bond motifs is 1. The van der Waals surface area contributed by atoms with Gasteiger partial charge in [-0.15, -0.1) is 24.0 Å². The van der Waals surface area contributed by atoms with Crippen LogP contribution < -0.4 is 15.5 Å². The van der Waals surface area contributed by atoms with E-state index in [1.807, 2.05) is 34.9 Å². The Morgan fingerprint density at radius 2 is 1.90 bits per heavy atom. The van der Waals surface area contributed by atoms with Crippen molar-refractivity contribution in [1.82, 2.24) is 15.5 Å². The van der Waals surface area contributed by atoms with Crippen molar-refractivity contribution < 1.29 is 9.59 Å². The highest BCUT2D eigenvalue weighted by molar-refractivity contribution is 14.0. The molecule has 3 aliphatic rings. The molecule has 8 heteroatoms. The number of aliphatic imine (C=N–C) groups is 1. The van der Waals surface area contributed by atoms with E-state index in [-0.39, 0.29) is 48.4 Å². The fourth-order valence-electron chi connectivity index (χ4n) is 4.85. The molecule has 2 heterocycles. The largest absolute Gasteiger partial charge is 0.357 e. The summed E-state index contributed by atoms with van der Waals surface area (Å²) < 4.78 is 0. The van der Waals surface area contributed by atoms with Gasteiger partial charge in [0.1, 0.15) is 6.54 Å². The Morgan fingerprint density at radius 3 is 2.68 bits per heavy atom. The van der Waals surface area contributed by atoms with Crippen LogP contribution in [0.3, 0.4) is 0 Å². The minimum absolute atomic E-state index is 0. The number of carbonyl (C=O) groups excluding carboxylic acids is 2. The second kappa shape index (κ2) is 11.2. The maximum absolute atomic E-state index is 12.8. The standard InChI is InChI=1S/C23H33N5O2.HI/c1-2-24-23(25-15-21(29)28-14-11-17-7-5-6-10-20(17)28)26-19-12-13-27(16-19)22(30)18-8-3-4-9-18;/h5-7,10,18-19H,2-4,8-9,11-16H2,1H3,(H2,24,25,26);1H. The summed E-state index contributed by atoms with van der Waals surface area (Å²) in [6.07, 6.45) is 6.25. The quantitative estimate of drug-likeness (QED) is 0.343. The zero-order valence-corrected chi connectivity index (χ0v) is 20.6. The van der Waals surface area contributed by atoms with E-state index < -0.39 is 0 Å². The number of rotatable bonds is 5. The zero-order chi connectivity index (χ0) is 20.9. The van der Waals surface area contributed by atoms with Crippen molar-refractivity contribution in [3.05, 3.63) is 29.8 Å². The van der Waals surface area contributed by atoms with Gasteiger partial charge in [-0.25, -0.2) is 4.99 Å². The maximum atomic E-state index is 12.8. The molecular formula is C23H34IN5O2. The number of likely N-dealkylation sites (tertiary alicyclic amines) is 1. The Labute approximate surface area is 202 Å². The molecule has 4 rings (SSSR count). The van der Waals surface area contributed by atoms with Crippen molar-refractivity contribution in [3.63, 3.8) is 0 Å². The molecule has 0 radical (unpaired) electrons. The molecular weight excluding hydrogens is 505 g/mol. The molecule has 1 unspecified atom stereocenters. The van der Waals surface area contributed by atoms with E-state index in [1.165, 1.54) is 18.4 Å². The summed E-state index contributed by atoms with van der Waals surface area (Å²) in [4.78, 5) is 33.8. The molecule has 31 heavy (non-hydrogen) atoms. The van der Waals surface area contributed by atoms with Crippen LogP contribution in [-0.4, -0.2) is 61.4 Å². The molecule has 2 fully saturated rings. The molecule has 1 saturated carbocycles. The average Bonchev–Trinajstić information content (AvgIpc) is 3.52. The average molecular weight is 539 g/mol. The maximum Gasteiger partial charge on any atom is 0.248 e. The number of nitrogens with one attached hydrogen (secondary N) is 2. The van der Waals surface area contributed by atoms with Crippen LogP contribution in [0, 0.1) is 5.92 Å². The number of guanidine groups is 1. The topological polar surface area (TPSA) is 77.0 Å². The van der Waals surface area contributed by atoms with E-state index in [0.29, 0.717) is 18.4 Å². The van der Waals surface area contributed by atoms with Crippen LogP contribution in [0.15, 0.2) is 29.3 Å². The third-order valence-electron chi connectivity index (χ3n) is 6.45. The number of benzene rings is 1. The number of amides is 2. The van der Waals surface area contributed by atoms with Gasteiger partial charge >= 0.3 is 0 Å². The minimum atomic E-state index is 0. The first kappa shape index (κ1) is 23.8. The molecule has 1 aromatic rings. The van der Waals surface area contributed by atoms with Gasteiger partial charge in [-0.1, -0.05) is 31.0 Å². The first-order valence-corrected chi connectivity index (χ1v) is 11.4. The van der Waals surface area contributed by atoms with Crippen LogP contribution in [-0.2, 0) is 16.0 Å². The molecule has 2 N–H and O–H groups in total. The summed E-state index contributed by atoms with van der Waals surface area (Å²) in [5, 5.41) is 6.67. The van der Waals surface area contributed by atoms with Crippen molar-refractivity contribution in [2.75, 3.05) is 37.6 Å². The predicted octanol–water partition coefficient (Wildman–Crippen LogP) is 2.54. The molecule has 0 bridgehead atoms. The van der Waals surface area contributed by atoms with Crippen molar-refractivity contribution in [3.8, 4) is 0 Å². The molecule has 1 saturated heterocycles. The molecule has 1 atom stereocenters. The Kier molecular flexibility index (Phi) is 8.57. The molecule has 2 amide bonds. The Morgan fingerprint density at radius 1 is 1.13 bits per heavy atom. The lowest BCUT2D eigenvalue weighted by molar-refractivity contribution is -0.134. The van der Waals surface area contributed by atoms with Gasteiger partial charge in [-0.2, -0.15) is 0 Å². The second-order valence-corrected chi connectivity index (χ2v) is 8.51. The highest BCUT2D eigenvalue weighted by atomic mass is 127. The number of hydrogen-bond donors (Lipinski definition) is 2.